The van der Waals surface area contributed by atoms with Crippen molar-refractivity contribution in [2.24, 2.45) is 4.99 Å². The Bertz CT molecular complexity index is 1030. The van der Waals surface area contributed by atoms with Crippen LogP contribution >= 0.6 is 0 Å². The molecule has 0 fully saturated rings. The average molecular weight is 402 g/mol. The normalized spacial score (nSPS) is 16.8. The predicted molar refractivity (Wildman–Crippen MR) is 126 cm³/mol. The summed E-state index contributed by atoms with van der Waals surface area (Å²) in [5, 5.41) is 0. The molecular weight excluding hydrogens is 370 g/mol. The van der Waals surface area contributed by atoms with Gasteiger partial charge < -0.3 is 4.74 Å². The number of aliphatic imine (C=N–C) groups is 1. The molecule has 2 aromatic rings. The van der Waals surface area contributed by atoms with Gasteiger partial charge in [-0.1, -0.05) is 49.4 Å². The largest absolute Gasteiger partial charge is 0.469 e. The van der Waals surface area contributed by atoms with Crippen molar-refractivity contribution in [2.75, 3.05) is 7.11 Å². The van der Waals surface area contributed by atoms with E-state index in [1.165, 1.54) is 29.4 Å². The molecule has 1 unspecified atom stereocenters. The minimum Gasteiger partial charge on any atom is -0.469 e. The Hall–Kier alpha value is -2.94. The zero-order valence-electron chi connectivity index (χ0n) is 18.7. The third-order valence-corrected chi connectivity index (χ3v) is 5.90. The summed E-state index contributed by atoms with van der Waals surface area (Å²) < 4.78 is 4.98. The van der Waals surface area contributed by atoms with Gasteiger partial charge in [-0.05, 0) is 79.5 Å². The molecule has 3 nitrogen and oxygen atoms in total. The van der Waals surface area contributed by atoms with Gasteiger partial charge in [0.15, 0.2) is 0 Å². The summed E-state index contributed by atoms with van der Waals surface area (Å²) in [7, 11) is 1.46. The minimum atomic E-state index is -0.141. The number of allylic oxidation sites excluding steroid dienone is 2. The summed E-state index contributed by atoms with van der Waals surface area (Å²) in [5.74, 6) is -0.278. The number of hydrogen-bond acceptors (Lipinski definition) is 3. The van der Waals surface area contributed by atoms with Gasteiger partial charge in [-0.2, -0.15) is 0 Å². The van der Waals surface area contributed by atoms with Crippen molar-refractivity contribution in [3.05, 3.63) is 81.6 Å². The fourth-order valence-corrected chi connectivity index (χ4v) is 4.10. The predicted octanol–water partition coefficient (Wildman–Crippen LogP) is 6.43. The number of esters is 1. The summed E-state index contributed by atoms with van der Waals surface area (Å²) in [6.45, 7) is 8.43. The van der Waals surface area contributed by atoms with Gasteiger partial charge in [-0.15, -0.1) is 0 Å². The number of methoxy groups -OCH3 is 1. The van der Waals surface area contributed by atoms with Gasteiger partial charge in [-0.3, -0.25) is 9.79 Å². The second-order valence-electron chi connectivity index (χ2n) is 7.77. The van der Waals surface area contributed by atoms with Crippen molar-refractivity contribution in [2.45, 2.75) is 52.9 Å². The topological polar surface area (TPSA) is 38.7 Å². The molecule has 0 heterocycles. The lowest BCUT2D eigenvalue weighted by molar-refractivity contribution is -0.142. The first-order valence-corrected chi connectivity index (χ1v) is 10.7. The lowest BCUT2D eigenvalue weighted by Crippen LogP contribution is -2.11. The van der Waals surface area contributed by atoms with E-state index in [9.17, 15) is 4.79 Å². The number of benzene rings is 2. The van der Waals surface area contributed by atoms with E-state index < -0.39 is 0 Å². The summed E-state index contributed by atoms with van der Waals surface area (Å²) in [5.41, 5.74) is 9.28. The Balaban J connectivity index is 2.10. The van der Waals surface area contributed by atoms with Crippen LogP contribution in [0.15, 0.2) is 53.2 Å². The first-order chi connectivity index (χ1) is 14.5. The van der Waals surface area contributed by atoms with Crippen LogP contribution in [0.2, 0.25) is 0 Å². The highest BCUT2D eigenvalue weighted by Gasteiger charge is 2.29. The zero-order valence-corrected chi connectivity index (χ0v) is 18.7. The molecule has 1 atom stereocenters. The van der Waals surface area contributed by atoms with Gasteiger partial charge >= 0.3 is 5.97 Å². The quantitative estimate of drug-likeness (QED) is 0.242. The summed E-state index contributed by atoms with van der Waals surface area (Å²) in [4.78, 5) is 16.8. The standard InChI is InChI=1S/C27H31NO2/c1-6-15-28-26(7-2)25(22-10-8-9-18(3)19(22)4)17-20-11-13-23-21(16-20)12-14-24(23)27(29)30-5/h7-11,13,15-17,24H,6,12,14H2,1-5H3/b25-17-,26-7-,28-15?. The molecule has 1 aliphatic carbocycles. The van der Waals surface area contributed by atoms with E-state index in [1.807, 2.05) is 13.1 Å². The highest BCUT2D eigenvalue weighted by molar-refractivity contribution is 5.93. The fraction of sp³-hybridized carbons (Fsp3) is 0.333. The van der Waals surface area contributed by atoms with Crippen LogP contribution in [-0.2, 0) is 16.0 Å². The molecule has 0 N–H and O–H groups in total. The molecule has 0 saturated carbocycles. The van der Waals surface area contributed by atoms with Crippen LogP contribution in [0.3, 0.4) is 0 Å². The van der Waals surface area contributed by atoms with Gasteiger partial charge in [0.05, 0.1) is 18.7 Å². The fourth-order valence-electron chi connectivity index (χ4n) is 4.10. The highest BCUT2D eigenvalue weighted by Crippen LogP contribution is 2.36. The number of ether oxygens (including phenoxy) is 1. The molecule has 0 amide bonds. The van der Waals surface area contributed by atoms with Crippen molar-refractivity contribution in [1.82, 2.24) is 0 Å². The van der Waals surface area contributed by atoms with E-state index in [1.54, 1.807) is 0 Å². The molecule has 2 aromatic carbocycles. The van der Waals surface area contributed by atoms with Crippen LogP contribution in [0.1, 0.15) is 66.0 Å². The third-order valence-electron chi connectivity index (χ3n) is 5.90. The monoisotopic (exact) mass is 401 g/mol. The number of fused-ring (bicyclic) bond motifs is 1. The van der Waals surface area contributed by atoms with Gasteiger partial charge in [0.2, 0.25) is 0 Å². The molecule has 0 saturated heterocycles. The Morgan fingerprint density at radius 1 is 1.23 bits per heavy atom. The van der Waals surface area contributed by atoms with Crippen LogP contribution in [0.4, 0.5) is 0 Å². The van der Waals surface area contributed by atoms with E-state index in [4.69, 9.17) is 9.73 Å². The number of nitrogens with zero attached hydrogens (tertiary/aromatic N) is 1. The molecule has 30 heavy (non-hydrogen) atoms. The molecule has 3 heteroatoms. The average Bonchev–Trinajstić information content (AvgIpc) is 3.18. The Kier molecular flexibility index (Phi) is 7.04. The zero-order chi connectivity index (χ0) is 21.7. The Morgan fingerprint density at radius 2 is 2.03 bits per heavy atom. The minimum absolute atomic E-state index is 0.137. The first kappa shape index (κ1) is 21.8. The molecule has 156 valence electrons. The number of rotatable bonds is 6. The third kappa shape index (κ3) is 4.46. The number of hydrogen-bond donors (Lipinski definition) is 0. The van der Waals surface area contributed by atoms with E-state index in [0.29, 0.717) is 0 Å². The molecule has 3 rings (SSSR count). The second kappa shape index (κ2) is 9.71. The maximum Gasteiger partial charge on any atom is 0.313 e. The molecule has 0 bridgehead atoms. The smallest absolute Gasteiger partial charge is 0.313 e. The number of aryl methyl sites for hydroxylation is 2. The van der Waals surface area contributed by atoms with Crippen LogP contribution in [0, 0.1) is 13.8 Å². The van der Waals surface area contributed by atoms with Crippen LogP contribution in [0.5, 0.6) is 0 Å². The van der Waals surface area contributed by atoms with Gasteiger partial charge in [0, 0.05) is 11.8 Å². The lowest BCUT2D eigenvalue weighted by atomic mass is 9.92. The van der Waals surface area contributed by atoms with E-state index in [2.05, 4.69) is 69.3 Å². The lowest BCUT2D eigenvalue weighted by Gasteiger charge is -2.14. The highest BCUT2D eigenvalue weighted by atomic mass is 16.5. The van der Waals surface area contributed by atoms with Gasteiger partial charge in [-0.25, -0.2) is 0 Å². The van der Waals surface area contributed by atoms with Crippen LogP contribution < -0.4 is 0 Å². The summed E-state index contributed by atoms with van der Waals surface area (Å²) in [6, 6.07) is 12.8. The van der Waals surface area contributed by atoms with Gasteiger partial charge in [0.1, 0.15) is 0 Å². The summed E-state index contributed by atoms with van der Waals surface area (Å²) >= 11 is 0. The maximum atomic E-state index is 12.1. The van der Waals surface area contributed by atoms with E-state index in [0.717, 1.165) is 41.7 Å². The molecule has 0 radical (unpaired) electrons. The number of carbonyl (C=O) groups excluding carboxylic acids is 1. The number of carbonyl (C=O) groups is 1. The first-order valence-electron chi connectivity index (χ1n) is 10.7. The molecule has 1 aliphatic rings. The van der Waals surface area contributed by atoms with Crippen molar-refractivity contribution in [1.29, 1.82) is 0 Å². The van der Waals surface area contributed by atoms with Crippen LogP contribution in [0.25, 0.3) is 11.6 Å². The molecule has 0 spiro atoms. The van der Waals surface area contributed by atoms with E-state index in [-0.39, 0.29) is 11.9 Å². The van der Waals surface area contributed by atoms with Gasteiger partial charge in [0.25, 0.3) is 0 Å². The summed E-state index contributed by atoms with van der Waals surface area (Å²) in [6.07, 6.45) is 8.86. The van der Waals surface area contributed by atoms with Crippen molar-refractivity contribution in [3.8, 4) is 0 Å². The van der Waals surface area contributed by atoms with Crippen molar-refractivity contribution < 1.29 is 9.53 Å². The van der Waals surface area contributed by atoms with Crippen molar-refractivity contribution >= 4 is 23.8 Å². The second-order valence-corrected chi connectivity index (χ2v) is 7.77. The van der Waals surface area contributed by atoms with Crippen LogP contribution in [-0.4, -0.2) is 19.3 Å². The SMILES string of the molecule is C/C=C(N=CCC)/C(=C\c1ccc2c(c1)CCC2C(=O)OC)c1cccc(C)c1C. The van der Waals surface area contributed by atoms with Crippen molar-refractivity contribution in [3.63, 3.8) is 0 Å². The maximum absolute atomic E-state index is 12.1. The molecule has 0 aromatic heterocycles. The Labute approximate surface area is 180 Å². The molecule has 0 aliphatic heterocycles. The molecular formula is C27H31NO2. The van der Waals surface area contributed by atoms with E-state index >= 15 is 0 Å². The Morgan fingerprint density at radius 3 is 2.73 bits per heavy atom.